The molecule has 0 heterocycles. The Kier molecular flexibility index (Phi) is 11.5. The van der Waals surface area contributed by atoms with Crippen LogP contribution in [0.4, 0.5) is 5.69 Å². The van der Waals surface area contributed by atoms with Crippen LogP contribution in [0.3, 0.4) is 0 Å². The molecule has 2 rings (SSSR count). The van der Waals surface area contributed by atoms with Crippen molar-refractivity contribution in [3.8, 4) is 0 Å². The quantitative estimate of drug-likeness (QED) is 0.342. The SMILES string of the molecule is CC(=O)Nc1ccc(SC(C)C(=O)NCCNC2CCCCCC2)cc1.Cl. The fraction of sp³-hybridized carbons (Fsp3) is 0.600. The average Bonchev–Trinajstić information content (AvgIpc) is 2.88. The van der Waals surface area contributed by atoms with Gasteiger partial charge < -0.3 is 16.0 Å². The van der Waals surface area contributed by atoms with Crippen LogP contribution >= 0.6 is 24.2 Å². The second-order valence-electron chi connectivity index (χ2n) is 6.90. The number of hydrogen-bond donors (Lipinski definition) is 3. The molecule has 7 heteroatoms. The van der Waals surface area contributed by atoms with Crippen molar-refractivity contribution >= 4 is 41.7 Å². The minimum atomic E-state index is -0.153. The highest BCUT2D eigenvalue weighted by Crippen LogP contribution is 2.24. The Hall–Kier alpha value is -1.24. The van der Waals surface area contributed by atoms with E-state index in [0.29, 0.717) is 12.6 Å². The smallest absolute Gasteiger partial charge is 0.233 e. The number of carbonyl (C=O) groups excluding carboxylic acids is 2. The van der Waals surface area contributed by atoms with Crippen molar-refractivity contribution in [3.05, 3.63) is 24.3 Å². The molecule has 0 aromatic heterocycles. The minimum Gasteiger partial charge on any atom is -0.354 e. The monoisotopic (exact) mass is 413 g/mol. The maximum atomic E-state index is 12.2. The third kappa shape index (κ3) is 9.49. The van der Waals surface area contributed by atoms with E-state index in [-0.39, 0.29) is 29.5 Å². The predicted octanol–water partition coefficient (Wildman–Crippen LogP) is 3.98. The summed E-state index contributed by atoms with van der Waals surface area (Å²) in [5, 5.41) is 9.17. The molecule has 1 aromatic rings. The highest BCUT2D eigenvalue weighted by Gasteiger charge is 2.15. The molecule has 5 nitrogen and oxygen atoms in total. The maximum absolute atomic E-state index is 12.2. The van der Waals surface area contributed by atoms with Gasteiger partial charge in [0.25, 0.3) is 0 Å². The van der Waals surface area contributed by atoms with Gasteiger partial charge in [-0.05, 0) is 44.0 Å². The van der Waals surface area contributed by atoms with Crippen LogP contribution in [0, 0.1) is 0 Å². The Bertz CT molecular complexity index is 575. The van der Waals surface area contributed by atoms with Crippen molar-refractivity contribution in [3.63, 3.8) is 0 Å². The summed E-state index contributed by atoms with van der Waals surface area (Å²) in [5.74, 6) is -0.0285. The van der Waals surface area contributed by atoms with Crippen molar-refractivity contribution < 1.29 is 9.59 Å². The van der Waals surface area contributed by atoms with Crippen LogP contribution in [0.15, 0.2) is 29.2 Å². The highest BCUT2D eigenvalue weighted by molar-refractivity contribution is 8.00. The molecule has 1 fully saturated rings. The first-order valence-corrected chi connectivity index (χ1v) is 10.5. The lowest BCUT2D eigenvalue weighted by atomic mass is 10.1. The molecular formula is C20H32ClN3O2S. The second kappa shape index (κ2) is 13.0. The predicted molar refractivity (Wildman–Crippen MR) is 116 cm³/mol. The number of rotatable bonds is 8. The summed E-state index contributed by atoms with van der Waals surface area (Å²) in [6, 6.07) is 8.17. The molecule has 3 N–H and O–H groups in total. The number of thioether (sulfide) groups is 1. The molecule has 0 bridgehead atoms. The third-order valence-corrected chi connectivity index (χ3v) is 5.68. The first-order valence-electron chi connectivity index (χ1n) is 9.60. The molecule has 1 aliphatic rings. The van der Waals surface area contributed by atoms with Crippen LogP contribution < -0.4 is 16.0 Å². The van der Waals surface area contributed by atoms with Gasteiger partial charge in [-0.25, -0.2) is 0 Å². The standard InChI is InChI=1S/C20H31N3O2S.ClH/c1-15(26-19-11-9-18(10-12-19)23-16(2)24)20(25)22-14-13-21-17-7-5-3-4-6-8-17;/h9-12,15,17,21H,3-8,13-14H2,1-2H3,(H,22,25)(H,23,24);1H. The minimum absolute atomic E-state index is 0. The van der Waals surface area contributed by atoms with Gasteiger partial charge in [0.2, 0.25) is 11.8 Å². The number of benzene rings is 1. The number of hydrogen-bond acceptors (Lipinski definition) is 4. The third-order valence-electron chi connectivity index (χ3n) is 4.57. The van der Waals surface area contributed by atoms with Gasteiger partial charge in [0.15, 0.2) is 0 Å². The summed E-state index contributed by atoms with van der Waals surface area (Å²) >= 11 is 1.52. The van der Waals surface area contributed by atoms with Gasteiger partial charge in [-0.3, -0.25) is 9.59 Å². The fourth-order valence-electron chi connectivity index (χ4n) is 3.17. The van der Waals surface area contributed by atoms with Gasteiger partial charge in [-0.1, -0.05) is 25.7 Å². The number of carbonyl (C=O) groups is 2. The molecule has 0 radical (unpaired) electrons. The Morgan fingerprint density at radius 1 is 1.07 bits per heavy atom. The Labute approximate surface area is 173 Å². The van der Waals surface area contributed by atoms with Gasteiger partial charge in [0.1, 0.15) is 0 Å². The van der Waals surface area contributed by atoms with Crippen LogP contribution in [0.2, 0.25) is 0 Å². The molecule has 152 valence electrons. The number of halogens is 1. The summed E-state index contributed by atoms with van der Waals surface area (Å²) in [6.07, 6.45) is 7.87. The highest BCUT2D eigenvalue weighted by atomic mass is 35.5. The average molecular weight is 414 g/mol. The Morgan fingerprint density at radius 3 is 2.30 bits per heavy atom. The molecule has 1 saturated carbocycles. The number of nitrogens with one attached hydrogen (secondary N) is 3. The van der Waals surface area contributed by atoms with Gasteiger partial charge in [0.05, 0.1) is 5.25 Å². The van der Waals surface area contributed by atoms with Crippen molar-refractivity contribution in [2.45, 2.75) is 68.6 Å². The van der Waals surface area contributed by atoms with Crippen LogP contribution in [0.25, 0.3) is 0 Å². The van der Waals surface area contributed by atoms with Gasteiger partial charge >= 0.3 is 0 Å². The zero-order valence-electron chi connectivity index (χ0n) is 16.3. The van der Waals surface area contributed by atoms with Crippen molar-refractivity contribution in [2.75, 3.05) is 18.4 Å². The van der Waals surface area contributed by atoms with Crippen LogP contribution in [0.5, 0.6) is 0 Å². The van der Waals surface area contributed by atoms with E-state index in [2.05, 4.69) is 16.0 Å². The molecule has 1 atom stereocenters. The molecule has 1 aromatic carbocycles. The van der Waals surface area contributed by atoms with E-state index < -0.39 is 0 Å². The molecule has 0 aliphatic heterocycles. The lowest BCUT2D eigenvalue weighted by molar-refractivity contribution is -0.120. The summed E-state index contributed by atoms with van der Waals surface area (Å²) in [6.45, 7) is 4.90. The summed E-state index contributed by atoms with van der Waals surface area (Å²) in [5.41, 5.74) is 0.767. The molecule has 1 unspecified atom stereocenters. The van der Waals surface area contributed by atoms with E-state index in [0.717, 1.165) is 17.1 Å². The van der Waals surface area contributed by atoms with Gasteiger partial charge in [-0.15, -0.1) is 24.2 Å². The lowest BCUT2D eigenvalue weighted by Gasteiger charge is -2.17. The van der Waals surface area contributed by atoms with E-state index in [1.54, 1.807) is 0 Å². The van der Waals surface area contributed by atoms with Gasteiger partial charge in [-0.2, -0.15) is 0 Å². The molecule has 27 heavy (non-hydrogen) atoms. The number of anilines is 1. The first kappa shape index (κ1) is 23.8. The van der Waals surface area contributed by atoms with Crippen molar-refractivity contribution in [1.29, 1.82) is 0 Å². The summed E-state index contributed by atoms with van der Waals surface area (Å²) in [4.78, 5) is 24.3. The Morgan fingerprint density at radius 2 is 1.70 bits per heavy atom. The van der Waals surface area contributed by atoms with E-state index >= 15 is 0 Å². The van der Waals surface area contributed by atoms with E-state index in [1.165, 1.54) is 57.2 Å². The molecule has 0 saturated heterocycles. The van der Waals surface area contributed by atoms with E-state index in [9.17, 15) is 9.59 Å². The Balaban J connectivity index is 0.00000364. The lowest BCUT2D eigenvalue weighted by Crippen LogP contribution is -2.39. The normalized spacial score (nSPS) is 15.9. The van der Waals surface area contributed by atoms with Crippen molar-refractivity contribution in [2.24, 2.45) is 0 Å². The fourth-order valence-corrected chi connectivity index (χ4v) is 4.06. The molecule has 1 aliphatic carbocycles. The first-order chi connectivity index (χ1) is 12.5. The van der Waals surface area contributed by atoms with Crippen LogP contribution in [-0.4, -0.2) is 36.2 Å². The largest absolute Gasteiger partial charge is 0.354 e. The second-order valence-corrected chi connectivity index (χ2v) is 8.31. The topological polar surface area (TPSA) is 70.2 Å². The zero-order chi connectivity index (χ0) is 18.8. The summed E-state index contributed by atoms with van der Waals surface area (Å²) < 4.78 is 0. The maximum Gasteiger partial charge on any atom is 0.233 e. The van der Waals surface area contributed by atoms with Gasteiger partial charge in [0, 0.05) is 36.6 Å². The van der Waals surface area contributed by atoms with Crippen molar-refractivity contribution in [1.82, 2.24) is 10.6 Å². The summed E-state index contributed by atoms with van der Waals surface area (Å²) in [7, 11) is 0. The van der Waals surface area contributed by atoms with Crippen LogP contribution in [0.1, 0.15) is 52.4 Å². The number of amides is 2. The van der Waals surface area contributed by atoms with E-state index in [1.807, 2.05) is 31.2 Å². The molecule has 0 spiro atoms. The van der Waals surface area contributed by atoms with Crippen LogP contribution in [-0.2, 0) is 9.59 Å². The van der Waals surface area contributed by atoms with E-state index in [4.69, 9.17) is 0 Å². The molecular weight excluding hydrogens is 382 g/mol. The zero-order valence-corrected chi connectivity index (χ0v) is 17.9. The molecule has 2 amide bonds.